The molecule has 1 aromatic heterocycles. The first kappa shape index (κ1) is 12.0. The largest absolute Gasteiger partial charge is 0.349 e. The molecule has 5 nitrogen and oxygen atoms in total. The maximum atomic E-state index is 11.9. The van der Waals surface area contributed by atoms with Gasteiger partial charge in [-0.05, 0) is 32.6 Å². The number of carbonyl (C=O) groups is 1. The van der Waals surface area contributed by atoms with Crippen molar-refractivity contribution in [2.24, 2.45) is 11.7 Å². The van der Waals surface area contributed by atoms with E-state index in [2.05, 4.69) is 15.3 Å². The number of aryl methyl sites for hydroxylation is 1. The summed E-state index contributed by atoms with van der Waals surface area (Å²) in [5, 5.41) is 2.81. The lowest BCUT2D eigenvalue weighted by atomic mass is 9.96. The zero-order valence-electron chi connectivity index (χ0n) is 10.2. The van der Waals surface area contributed by atoms with Gasteiger partial charge in [-0.3, -0.25) is 14.8 Å². The third kappa shape index (κ3) is 2.79. The molecular weight excluding hydrogens is 216 g/mol. The molecule has 5 heteroatoms. The van der Waals surface area contributed by atoms with Gasteiger partial charge in [0, 0.05) is 6.20 Å². The van der Waals surface area contributed by atoms with E-state index in [4.69, 9.17) is 5.73 Å². The van der Waals surface area contributed by atoms with Crippen LogP contribution in [0.2, 0.25) is 0 Å². The minimum atomic E-state index is -0.752. The van der Waals surface area contributed by atoms with Crippen LogP contribution in [-0.4, -0.2) is 21.4 Å². The number of amides is 1. The van der Waals surface area contributed by atoms with Gasteiger partial charge in [-0.15, -0.1) is 0 Å². The van der Waals surface area contributed by atoms with E-state index in [1.54, 1.807) is 19.3 Å². The fraction of sp³-hybridized carbons (Fsp3) is 0.583. The van der Waals surface area contributed by atoms with Gasteiger partial charge in [0.15, 0.2) is 0 Å². The molecule has 0 saturated heterocycles. The number of rotatable bonds is 4. The molecule has 1 fully saturated rings. The molecule has 1 aliphatic rings. The van der Waals surface area contributed by atoms with Crippen LogP contribution in [0.4, 0.5) is 0 Å². The molecular formula is C12H18N4O. The highest BCUT2D eigenvalue weighted by molar-refractivity contribution is 5.86. The van der Waals surface area contributed by atoms with Crippen LogP contribution >= 0.6 is 0 Å². The second kappa shape index (κ2) is 4.41. The lowest BCUT2D eigenvalue weighted by Gasteiger charge is -2.22. The highest BCUT2D eigenvalue weighted by Crippen LogP contribution is 2.38. The summed E-state index contributed by atoms with van der Waals surface area (Å²) in [6.45, 7) is 4.05. The smallest absolute Gasteiger partial charge is 0.240 e. The number of nitrogens with two attached hydrogens (primary N) is 1. The van der Waals surface area contributed by atoms with Crippen molar-refractivity contribution in [1.82, 2.24) is 15.3 Å². The van der Waals surface area contributed by atoms with Crippen LogP contribution in [-0.2, 0) is 11.3 Å². The van der Waals surface area contributed by atoms with Gasteiger partial charge in [0.25, 0.3) is 0 Å². The first-order chi connectivity index (χ1) is 8.00. The molecule has 0 aliphatic heterocycles. The maximum absolute atomic E-state index is 11.9. The molecule has 1 unspecified atom stereocenters. The van der Waals surface area contributed by atoms with Crippen molar-refractivity contribution >= 4 is 5.91 Å². The summed E-state index contributed by atoms with van der Waals surface area (Å²) < 4.78 is 0. The average Bonchev–Trinajstić information content (AvgIpc) is 3.11. The van der Waals surface area contributed by atoms with Crippen LogP contribution in [0.1, 0.15) is 31.2 Å². The third-order valence-corrected chi connectivity index (χ3v) is 3.18. The second-order valence-electron chi connectivity index (χ2n) is 4.89. The number of aromatic nitrogens is 2. The number of nitrogens with zero attached hydrogens (tertiary/aromatic N) is 2. The quantitative estimate of drug-likeness (QED) is 0.796. The molecule has 1 aliphatic carbocycles. The molecule has 0 bridgehead atoms. The summed E-state index contributed by atoms with van der Waals surface area (Å²) >= 11 is 0. The second-order valence-corrected chi connectivity index (χ2v) is 4.89. The Kier molecular flexibility index (Phi) is 3.11. The predicted molar refractivity (Wildman–Crippen MR) is 63.9 cm³/mol. The minimum absolute atomic E-state index is 0.109. The van der Waals surface area contributed by atoms with Crippen LogP contribution in [0.15, 0.2) is 12.4 Å². The molecule has 0 aromatic carbocycles. The van der Waals surface area contributed by atoms with E-state index in [9.17, 15) is 4.79 Å². The van der Waals surface area contributed by atoms with Crippen molar-refractivity contribution in [3.8, 4) is 0 Å². The van der Waals surface area contributed by atoms with Gasteiger partial charge in [-0.1, -0.05) is 0 Å². The van der Waals surface area contributed by atoms with Gasteiger partial charge in [0.2, 0.25) is 5.91 Å². The first-order valence-electron chi connectivity index (χ1n) is 5.85. The van der Waals surface area contributed by atoms with Crippen molar-refractivity contribution in [2.45, 2.75) is 38.8 Å². The van der Waals surface area contributed by atoms with Crippen LogP contribution in [0.3, 0.4) is 0 Å². The predicted octanol–water partition coefficient (Wildman–Crippen LogP) is 0.529. The Hall–Kier alpha value is -1.49. The molecule has 1 saturated carbocycles. The fourth-order valence-electron chi connectivity index (χ4n) is 1.74. The van der Waals surface area contributed by atoms with Gasteiger partial charge in [-0.25, -0.2) is 0 Å². The van der Waals surface area contributed by atoms with E-state index in [1.807, 2.05) is 6.92 Å². The Morgan fingerprint density at radius 1 is 1.53 bits per heavy atom. The van der Waals surface area contributed by atoms with Crippen molar-refractivity contribution in [1.29, 1.82) is 0 Å². The number of nitrogens with one attached hydrogen (secondary N) is 1. The molecule has 1 atom stereocenters. The molecule has 3 N–H and O–H groups in total. The Bertz CT molecular complexity index is 409. The van der Waals surface area contributed by atoms with E-state index in [-0.39, 0.29) is 5.91 Å². The summed E-state index contributed by atoms with van der Waals surface area (Å²) in [6.07, 6.45) is 5.44. The zero-order chi connectivity index (χ0) is 12.5. The van der Waals surface area contributed by atoms with Crippen LogP contribution in [0.5, 0.6) is 0 Å². The normalized spacial score (nSPS) is 18.5. The lowest BCUT2D eigenvalue weighted by Crippen LogP contribution is -2.53. The van der Waals surface area contributed by atoms with Crippen molar-refractivity contribution in [2.75, 3.05) is 0 Å². The Balaban J connectivity index is 1.89. The van der Waals surface area contributed by atoms with Gasteiger partial charge < -0.3 is 11.1 Å². The highest BCUT2D eigenvalue weighted by Gasteiger charge is 2.43. The van der Waals surface area contributed by atoms with Gasteiger partial charge in [0.1, 0.15) is 0 Å². The topological polar surface area (TPSA) is 80.9 Å². The van der Waals surface area contributed by atoms with E-state index in [0.29, 0.717) is 12.5 Å². The summed E-state index contributed by atoms with van der Waals surface area (Å²) in [6, 6.07) is 0. The SMILES string of the molecule is Cc1cnc(CNC(=O)C(C)(N)C2CC2)cn1. The average molecular weight is 234 g/mol. The summed E-state index contributed by atoms with van der Waals surface area (Å²) in [5.41, 5.74) is 6.86. The van der Waals surface area contributed by atoms with Gasteiger partial charge >= 0.3 is 0 Å². The molecule has 17 heavy (non-hydrogen) atoms. The summed E-state index contributed by atoms with van der Waals surface area (Å²) in [7, 11) is 0. The maximum Gasteiger partial charge on any atom is 0.240 e. The standard InChI is InChI=1S/C12H18N4O/c1-8-5-15-10(6-14-8)7-16-11(17)12(2,13)9-3-4-9/h5-6,9H,3-4,7,13H2,1-2H3,(H,16,17). The van der Waals surface area contributed by atoms with Crippen molar-refractivity contribution in [3.05, 3.63) is 23.8 Å². The Labute approximate surface area is 101 Å². The van der Waals surface area contributed by atoms with Gasteiger partial charge in [-0.2, -0.15) is 0 Å². The Morgan fingerprint density at radius 2 is 2.24 bits per heavy atom. The van der Waals surface area contributed by atoms with E-state index >= 15 is 0 Å². The van der Waals surface area contributed by atoms with E-state index in [1.165, 1.54) is 0 Å². The Morgan fingerprint density at radius 3 is 2.76 bits per heavy atom. The molecule has 0 spiro atoms. The van der Waals surface area contributed by atoms with Crippen molar-refractivity contribution in [3.63, 3.8) is 0 Å². The summed E-state index contributed by atoms with van der Waals surface area (Å²) in [5.74, 6) is 0.217. The molecule has 1 amide bonds. The van der Waals surface area contributed by atoms with E-state index < -0.39 is 5.54 Å². The van der Waals surface area contributed by atoms with Crippen LogP contribution < -0.4 is 11.1 Å². The third-order valence-electron chi connectivity index (χ3n) is 3.18. The monoisotopic (exact) mass is 234 g/mol. The molecule has 1 aromatic rings. The highest BCUT2D eigenvalue weighted by atomic mass is 16.2. The molecule has 0 radical (unpaired) electrons. The van der Waals surface area contributed by atoms with Crippen LogP contribution in [0.25, 0.3) is 0 Å². The first-order valence-corrected chi connectivity index (χ1v) is 5.85. The lowest BCUT2D eigenvalue weighted by molar-refractivity contribution is -0.126. The van der Waals surface area contributed by atoms with Crippen LogP contribution in [0, 0.1) is 12.8 Å². The zero-order valence-corrected chi connectivity index (χ0v) is 10.2. The molecule has 92 valence electrons. The summed E-state index contributed by atoms with van der Waals surface area (Å²) in [4.78, 5) is 20.2. The fourth-order valence-corrected chi connectivity index (χ4v) is 1.74. The number of hydrogen-bond donors (Lipinski definition) is 2. The van der Waals surface area contributed by atoms with E-state index in [0.717, 1.165) is 24.2 Å². The molecule has 1 heterocycles. The minimum Gasteiger partial charge on any atom is -0.349 e. The van der Waals surface area contributed by atoms with Crippen molar-refractivity contribution < 1.29 is 4.79 Å². The van der Waals surface area contributed by atoms with Gasteiger partial charge in [0.05, 0.1) is 29.7 Å². The molecule has 2 rings (SSSR count). The number of hydrogen-bond acceptors (Lipinski definition) is 4. The number of carbonyl (C=O) groups excluding carboxylic acids is 1.